The van der Waals surface area contributed by atoms with Crippen LogP contribution in [0.5, 0.6) is 0 Å². The van der Waals surface area contributed by atoms with Gasteiger partial charge in [0.2, 0.25) is 0 Å². The number of likely N-dealkylation sites (tertiary alicyclic amines) is 1. The number of aliphatic hydroxyl groups is 1. The van der Waals surface area contributed by atoms with Gasteiger partial charge in [-0.05, 0) is 25.5 Å². The van der Waals surface area contributed by atoms with E-state index in [4.69, 9.17) is 8.94 Å². The molecular formula is C12H15N3O3. The quantitative estimate of drug-likeness (QED) is 0.883. The van der Waals surface area contributed by atoms with Crippen LogP contribution in [-0.4, -0.2) is 38.8 Å². The van der Waals surface area contributed by atoms with Gasteiger partial charge in [0.15, 0.2) is 11.6 Å². The summed E-state index contributed by atoms with van der Waals surface area (Å²) in [6, 6.07) is 3.55. The highest BCUT2D eigenvalue weighted by atomic mass is 16.5. The standard InChI is InChI=1S/C12H15N3O3/c1-12(16)4-5-15(8-12)7-10-13-11(18-14-10)9-3-2-6-17-9/h2-3,6,16H,4-5,7-8H2,1H3. The van der Waals surface area contributed by atoms with Crippen molar-refractivity contribution in [3.63, 3.8) is 0 Å². The lowest BCUT2D eigenvalue weighted by Gasteiger charge is -2.16. The first kappa shape index (κ1) is 11.4. The van der Waals surface area contributed by atoms with E-state index in [1.54, 1.807) is 18.4 Å². The molecule has 0 radical (unpaired) electrons. The van der Waals surface area contributed by atoms with Crippen LogP contribution in [0.2, 0.25) is 0 Å². The van der Waals surface area contributed by atoms with Gasteiger partial charge in [-0.1, -0.05) is 5.16 Å². The van der Waals surface area contributed by atoms with Crippen LogP contribution in [0.4, 0.5) is 0 Å². The Morgan fingerprint density at radius 2 is 2.44 bits per heavy atom. The Kier molecular flexibility index (Phi) is 2.68. The average molecular weight is 249 g/mol. The Balaban J connectivity index is 1.68. The second-order valence-corrected chi connectivity index (χ2v) is 4.95. The normalized spacial score (nSPS) is 24.8. The Hall–Kier alpha value is -1.66. The van der Waals surface area contributed by atoms with E-state index in [1.807, 2.05) is 6.92 Å². The van der Waals surface area contributed by atoms with Crippen LogP contribution >= 0.6 is 0 Å². The number of nitrogens with zero attached hydrogens (tertiary/aromatic N) is 3. The molecule has 1 fully saturated rings. The van der Waals surface area contributed by atoms with Gasteiger partial charge in [0.25, 0.3) is 5.89 Å². The molecule has 3 rings (SSSR count). The first-order chi connectivity index (χ1) is 8.62. The summed E-state index contributed by atoms with van der Waals surface area (Å²) in [5.74, 6) is 1.57. The fourth-order valence-corrected chi connectivity index (χ4v) is 2.19. The van der Waals surface area contributed by atoms with Gasteiger partial charge < -0.3 is 14.0 Å². The fourth-order valence-electron chi connectivity index (χ4n) is 2.19. The molecule has 1 unspecified atom stereocenters. The molecule has 6 heteroatoms. The van der Waals surface area contributed by atoms with E-state index in [0.717, 1.165) is 13.0 Å². The van der Waals surface area contributed by atoms with Gasteiger partial charge in [0, 0.05) is 13.1 Å². The van der Waals surface area contributed by atoms with Crippen LogP contribution in [-0.2, 0) is 6.54 Å². The third-order valence-electron chi connectivity index (χ3n) is 3.10. The lowest BCUT2D eigenvalue weighted by atomic mass is 10.1. The van der Waals surface area contributed by atoms with Crippen LogP contribution in [0, 0.1) is 0 Å². The Morgan fingerprint density at radius 1 is 1.56 bits per heavy atom. The largest absolute Gasteiger partial charge is 0.459 e. The second-order valence-electron chi connectivity index (χ2n) is 4.95. The first-order valence-electron chi connectivity index (χ1n) is 5.94. The topological polar surface area (TPSA) is 75.5 Å². The van der Waals surface area contributed by atoms with E-state index < -0.39 is 5.60 Å². The number of β-amino-alcohol motifs (C(OH)–C–C–N with tert-alkyl or cyclic N) is 1. The van der Waals surface area contributed by atoms with E-state index in [-0.39, 0.29) is 0 Å². The molecule has 2 aromatic heterocycles. The molecule has 1 N–H and O–H groups in total. The van der Waals surface area contributed by atoms with Crippen molar-refractivity contribution in [1.82, 2.24) is 15.0 Å². The lowest BCUT2D eigenvalue weighted by molar-refractivity contribution is 0.0675. The zero-order chi connectivity index (χ0) is 12.6. The van der Waals surface area contributed by atoms with Gasteiger partial charge in [0.05, 0.1) is 18.4 Å². The summed E-state index contributed by atoms with van der Waals surface area (Å²) in [5, 5.41) is 13.8. The smallest absolute Gasteiger partial charge is 0.293 e. The van der Waals surface area contributed by atoms with Crippen molar-refractivity contribution < 1.29 is 14.0 Å². The highest BCUT2D eigenvalue weighted by molar-refractivity contribution is 5.42. The van der Waals surface area contributed by atoms with Crippen molar-refractivity contribution in [2.45, 2.75) is 25.5 Å². The molecule has 0 saturated carbocycles. The van der Waals surface area contributed by atoms with Crippen LogP contribution in [0.25, 0.3) is 11.7 Å². The zero-order valence-corrected chi connectivity index (χ0v) is 10.2. The van der Waals surface area contributed by atoms with Crippen LogP contribution in [0.15, 0.2) is 27.3 Å². The van der Waals surface area contributed by atoms with Gasteiger partial charge in [-0.2, -0.15) is 4.98 Å². The number of furan rings is 1. The number of hydrogen-bond acceptors (Lipinski definition) is 6. The molecule has 1 atom stereocenters. The average Bonchev–Trinajstić information content (AvgIpc) is 2.99. The Labute approximate surface area is 104 Å². The third kappa shape index (κ3) is 2.30. The molecule has 0 amide bonds. The highest BCUT2D eigenvalue weighted by Gasteiger charge is 2.31. The summed E-state index contributed by atoms with van der Waals surface area (Å²) in [7, 11) is 0. The van der Waals surface area contributed by atoms with E-state index in [0.29, 0.717) is 30.6 Å². The Bertz CT molecular complexity index is 518. The van der Waals surface area contributed by atoms with Gasteiger partial charge in [-0.3, -0.25) is 4.90 Å². The van der Waals surface area contributed by atoms with Gasteiger partial charge in [-0.25, -0.2) is 0 Å². The minimum Gasteiger partial charge on any atom is -0.459 e. The highest BCUT2D eigenvalue weighted by Crippen LogP contribution is 2.22. The van der Waals surface area contributed by atoms with Crippen LogP contribution in [0.1, 0.15) is 19.2 Å². The summed E-state index contributed by atoms with van der Waals surface area (Å²) in [5.41, 5.74) is -0.604. The monoisotopic (exact) mass is 249 g/mol. The van der Waals surface area contributed by atoms with E-state index in [2.05, 4.69) is 15.0 Å². The minimum absolute atomic E-state index is 0.390. The minimum atomic E-state index is -0.604. The lowest BCUT2D eigenvalue weighted by Crippen LogP contribution is -2.29. The predicted molar refractivity (Wildman–Crippen MR) is 62.5 cm³/mol. The van der Waals surface area contributed by atoms with Crippen molar-refractivity contribution >= 4 is 0 Å². The summed E-state index contributed by atoms with van der Waals surface area (Å²) in [6.45, 7) is 3.91. The predicted octanol–water partition coefficient (Wildman–Crippen LogP) is 1.29. The van der Waals surface area contributed by atoms with E-state index in [1.165, 1.54) is 0 Å². The van der Waals surface area contributed by atoms with Gasteiger partial charge >= 0.3 is 0 Å². The molecule has 1 saturated heterocycles. The molecule has 96 valence electrons. The maximum atomic E-state index is 9.88. The molecular weight excluding hydrogens is 234 g/mol. The number of hydrogen-bond donors (Lipinski definition) is 1. The molecule has 0 aromatic carbocycles. The molecule has 18 heavy (non-hydrogen) atoms. The van der Waals surface area contributed by atoms with Gasteiger partial charge in [-0.15, -0.1) is 0 Å². The van der Waals surface area contributed by atoms with Crippen LogP contribution in [0.3, 0.4) is 0 Å². The van der Waals surface area contributed by atoms with Crippen molar-refractivity contribution in [2.75, 3.05) is 13.1 Å². The SMILES string of the molecule is CC1(O)CCN(Cc2noc(-c3ccco3)n2)C1. The third-order valence-corrected chi connectivity index (χ3v) is 3.10. The maximum Gasteiger partial charge on any atom is 0.293 e. The Morgan fingerprint density at radius 3 is 3.11 bits per heavy atom. The van der Waals surface area contributed by atoms with Crippen molar-refractivity contribution in [3.8, 4) is 11.7 Å². The zero-order valence-electron chi connectivity index (χ0n) is 10.2. The van der Waals surface area contributed by atoms with E-state index in [9.17, 15) is 5.11 Å². The molecule has 6 nitrogen and oxygen atoms in total. The molecule has 0 spiro atoms. The van der Waals surface area contributed by atoms with Crippen LogP contribution < -0.4 is 0 Å². The molecule has 0 aliphatic carbocycles. The summed E-state index contributed by atoms with van der Waals surface area (Å²) in [4.78, 5) is 6.38. The fraction of sp³-hybridized carbons (Fsp3) is 0.500. The van der Waals surface area contributed by atoms with Crippen molar-refractivity contribution in [2.24, 2.45) is 0 Å². The summed E-state index contributed by atoms with van der Waals surface area (Å²) >= 11 is 0. The molecule has 0 bridgehead atoms. The molecule has 1 aliphatic rings. The van der Waals surface area contributed by atoms with Crippen molar-refractivity contribution in [3.05, 3.63) is 24.2 Å². The van der Waals surface area contributed by atoms with E-state index >= 15 is 0 Å². The maximum absolute atomic E-state index is 9.88. The molecule has 1 aliphatic heterocycles. The second kappa shape index (κ2) is 4.22. The summed E-state index contributed by atoms with van der Waals surface area (Å²) < 4.78 is 10.3. The molecule has 2 aromatic rings. The van der Waals surface area contributed by atoms with Crippen molar-refractivity contribution in [1.29, 1.82) is 0 Å². The molecule has 3 heterocycles. The summed E-state index contributed by atoms with van der Waals surface area (Å²) in [6.07, 6.45) is 2.34. The number of aromatic nitrogens is 2. The van der Waals surface area contributed by atoms with Gasteiger partial charge in [0.1, 0.15) is 0 Å². The number of rotatable bonds is 3. The first-order valence-corrected chi connectivity index (χ1v) is 5.94.